The maximum atomic E-state index is 12.5. The fourth-order valence-corrected chi connectivity index (χ4v) is 2.89. The van der Waals surface area contributed by atoms with Crippen molar-refractivity contribution < 1.29 is 14.3 Å². The summed E-state index contributed by atoms with van der Waals surface area (Å²) in [5, 5.41) is 12.6. The topological polar surface area (TPSA) is 79.2 Å². The van der Waals surface area contributed by atoms with Crippen LogP contribution in [0.15, 0.2) is 42.5 Å². The number of benzene rings is 2. The third kappa shape index (κ3) is 5.72. The Hall–Kier alpha value is -2.55. The Morgan fingerprint density at radius 3 is 2.33 bits per heavy atom. The molecule has 0 bridgehead atoms. The molecule has 0 heterocycles. The Morgan fingerprint density at radius 1 is 1.11 bits per heavy atom. The minimum absolute atomic E-state index is 0.0279. The van der Waals surface area contributed by atoms with Gasteiger partial charge in [0.25, 0.3) is 5.91 Å². The van der Waals surface area contributed by atoms with Gasteiger partial charge in [-0.3, -0.25) is 9.59 Å². The summed E-state index contributed by atoms with van der Waals surface area (Å²) in [5.74, 6) is -1.61. The number of amides is 1. The number of nitriles is 1. The van der Waals surface area contributed by atoms with E-state index in [0.717, 1.165) is 5.56 Å². The van der Waals surface area contributed by atoms with Crippen molar-refractivity contribution in [3.63, 3.8) is 0 Å². The van der Waals surface area contributed by atoms with Crippen LogP contribution in [0.3, 0.4) is 0 Å². The molecule has 140 valence electrons. The first-order valence-corrected chi connectivity index (χ1v) is 8.99. The van der Waals surface area contributed by atoms with E-state index >= 15 is 0 Å². The minimum Gasteiger partial charge on any atom is -0.455 e. The number of ether oxygens (including phenoxy) is 1. The van der Waals surface area contributed by atoms with Crippen molar-refractivity contribution in [1.29, 1.82) is 5.26 Å². The van der Waals surface area contributed by atoms with Crippen LogP contribution in [0.5, 0.6) is 0 Å². The number of anilines is 1. The van der Waals surface area contributed by atoms with Gasteiger partial charge in [0, 0.05) is 10.0 Å². The van der Waals surface area contributed by atoms with E-state index in [1.165, 1.54) is 12.1 Å². The van der Waals surface area contributed by atoms with Crippen molar-refractivity contribution in [3.05, 3.63) is 63.6 Å². The van der Waals surface area contributed by atoms with Gasteiger partial charge in [0.15, 0.2) is 6.61 Å². The molecule has 0 aliphatic heterocycles. The molecule has 0 radical (unpaired) electrons. The molecule has 0 unspecified atom stereocenters. The van der Waals surface area contributed by atoms with Gasteiger partial charge < -0.3 is 10.1 Å². The smallest absolute Gasteiger partial charge is 0.314 e. The van der Waals surface area contributed by atoms with E-state index in [1.54, 1.807) is 30.3 Å². The average molecular weight is 405 g/mol. The lowest BCUT2D eigenvalue weighted by molar-refractivity contribution is -0.149. The van der Waals surface area contributed by atoms with Gasteiger partial charge in [-0.05, 0) is 41.8 Å². The van der Waals surface area contributed by atoms with Crippen LogP contribution in [-0.4, -0.2) is 18.5 Å². The number of nitrogens with zero attached hydrogens (tertiary/aromatic N) is 1. The molecule has 0 fully saturated rings. The van der Waals surface area contributed by atoms with Crippen molar-refractivity contribution in [2.24, 2.45) is 5.92 Å². The second-order valence-electron chi connectivity index (χ2n) is 6.23. The highest BCUT2D eigenvalue weighted by atomic mass is 35.5. The first kappa shape index (κ1) is 20.8. The van der Waals surface area contributed by atoms with E-state index in [2.05, 4.69) is 5.32 Å². The third-order valence-electron chi connectivity index (χ3n) is 3.87. The second-order valence-corrected chi connectivity index (χ2v) is 7.10. The molecule has 0 saturated carbocycles. The van der Waals surface area contributed by atoms with Gasteiger partial charge in [0.2, 0.25) is 0 Å². The zero-order valence-electron chi connectivity index (χ0n) is 14.8. The van der Waals surface area contributed by atoms with Gasteiger partial charge in [-0.2, -0.15) is 5.26 Å². The van der Waals surface area contributed by atoms with E-state index in [1.807, 2.05) is 19.9 Å². The van der Waals surface area contributed by atoms with E-state index in [9.17, 15) is 9.59 Å². The number of carbonyl (C=O) groups excluding carboxylic acids is 2. The molecule has 0 saturated heterocycles. The first-order chi connectivity index (χ1) is 12.8. The lowest BCUT2D eigenvalue weighted by atomic mass is 9.88. The molecule has 2 rings (SSSR count). The largest absolute Gasteiger partial charge is 0.455 e. The van der Waals surface area contributed by atoms with Gasteiger partial charge in [-0.25, -0.2) is 0 Å². The molecular formula is C20H18Cl2N2O3. The van der Waals surface area contributed by atoms with Crippen LogP contribution in [0, 0.1) is 17.2 Å². The van der Waals surface area contributed by atoms with Gasteiger partial charge in [-0.1, -0.05) is 49.2 Å². The average Bonchev–Trinajstić information content (AvgIpc) is 2.62. The summed E-state index contributed by atoms with van der Waals surface area (Å²) < 4.78 is 5.19. The summed E-state index contributed by atoms with van der Waals surface area (Å²) in [7, 11) is 0. The molecule has 0 aromatic heterocycles. The summed E-state index contributed by atoms with van der Waals surface area (Å²) in [4.78, 5) is 24.6. The molecular weight excluding hydrogens is 387 g/mol. The monoisotopic (exact) mass is 404 g/mol. The number of halogens is 2. The fourth-order valence-electron chi connectivity index (χ4n) is 2.59. The Bertz CT molecular complexity index is 874. The quantitative estimate of drug-likeness (QED) is 0.701. The highest BCUT2D eigenvalue weighted by molar-refractivity contribution is 6.31. The number of hydrogen-bond donors (Lipinski definition) is 1. The van der Waals surface area contributed by atoms with Gasteiger partial charge in [-0.15, -0.1) is 0 Å². The van der Waals surface area contributed by atoms with Crippen molar-refractivity contribution >= 4 is 40.8 Å². The normalized spacial score (nSPS) is 11.6. The maximum absolute atomic E-state index is 12.5. The van der Waals surface area contributed by atoms with Crippen molar-refractivity contribution in [1.82, 2.24) is 0 Å². The Balaban J connectivity index is 2.03. The SMILES string of the molecule is CC(C)[C@@H](C(=O)OCC(=O)Nc1cc(Cl)ccc1C#N)c1ccc(Cl)cc1. The fraction of sp³-hybridized carbons (Fsp3) is 0.250. The van der Waals surface area contributed by atoms with Crippen LogP contribution >= 0.6 is 23.2 Å². The Morgan fingerprint density at radius 2 is 1.74 bits per heavy atom. The molecule has 1 atom stereocenters. The van der Waals surface area contributed by atoms with E-state index in [0.29, 0.717) is 10.0 Å². The molecule has 0 spiro atoms. The lowest BCUT2D eigenvalue weighted by Gasteiger charge is -2.20. The van der Waals surface area contributed by atoms with Crippen LogP contribution < -0.4 is 5.32 Å². The van der Waals surface area contributed by atoms with Crippen molar-refractivity contribution in [3.8, 4) is 6.07 Å². The second kappa shape index (κ2) is 9.40. The molecule has 1 N–H and O–H groups in total. The number of nitrogens with one attached hydrogen (secondary N) is 1. The standard InChI is InChI=1S/C20H18Cl2N2O3/c1-12(2)19(13-3-6-15(21)7-4-13)20(26)27-11-18(25)24-17-9-16(22)8-5-14(17)10-23/h3-9,12,19H,11H2,1-2H3,(H,24,25)/t19-/m1/s1. The Kier molecular flexibility index (Phi) is 7.23. The van der Waals surface area contributed by atoms with E-state index in [-0.39, 0.29) is 17.2 Å². The van der Waals surface area contributed by atoms with E-state index < -0.39 is 24.4 Å². The van der Waals surface area contributed by atoms with Gasteiger partial charge >= 0.3 is 5.97 Å². The molecule has 1 amide bonds. The lowest BCUT2D eigenvalue weighted by Crippen LogP contribution is -2.26. The molecule has 2 aromatic carbocycles. The molecule has 7 heteroatoms. The summed E-state index contributed by atoms with van der Waals surface area (Å²) in [6.07, 6.45) is 0. The molecule has 2 aromatic rings. The zero-order valence-corrected chi connectivity index (χ0v) is 16.3. The molecule has 0 aliphatic carbocycles. The van der Waals surface area contributed by atoms with Crippen LogP contribution in [0.25, 0.3) is 0 Å². The molecule has 27 heavy (non-hydrogen) atoms. The van der Waals surface area contributed by atoms with Gasteiger partial charge in [0.05, 0.1) is 17.2 Å². The summed E-state index contributed by atoms with van der Waals surface area (Å²) >= 11 is 11.8. The predicted octanol–water partition coefficient (Wildman–Crippen LogP) is 4.79. The van der Waals surface area contributed by atoms with Crippen LogP contribution in [0.4, 0.5) is 5.69 Å². The number of rotatable bonds is 6. The molecule has 5 nitrogen and oxygen atoms in total. The highest BCUT2D eigenvalue weighted by Gasteiger charge is 2.26. The first-order valence-electron chi connectivity index (χ1n) is 8.23. The van der Waals surface area contributed by atoms with Crippen LogP contribution in [0.1, 0.15) is 30.9 Å². The molecule has 0 aliphatic rings. The van der Waals surface area contributed by atoms with Gasteiger partial charge in [0.1, 0.15) is 6.07 Å². The maximum Gasteiger partial charge on any atom is 0.314 e. The van der Waals surface area contributed by atoms with Crippen molar-refractivity contribution in [2.45, 2.75) is 19.8 Å². The Labute approximate surface area is 167 Å². The highest BCUT2D eigenvalue weighted by Crippen LogP contribution is 2.27. The predicted molar refractivity (Wildman–Crippen MR) is 105 cm³/mol. The summed E-state index contributed by atoms with van der Waals surface area (Å²) in [5.41, 5.74) is 1.30. The number of carbonyl (C=O) groups is 2. The van der Waals surface area contributed by atoms with E-state index in [4.69, 9.17) is 33.2 Å². The van der Waals surface area contributed by atoms with Crippen LogP contribution in [-0.2, 0) is 14.3 Å². The number of hydrogen-bond acceptors (Lipinski definition) is 4. The van der Waals surface area contributed by atoms with Crippen molar-refractivity contribution in [2.75, 3.05) is 11.9 Å². The summed E-state index contributed by atoms with van der Waals surface area (Å²) in [6.45, 7) is 3.32. The third-order valence-corrected chi connectivity index (χ3v) is 4.36. The number of esters is 1. The van der Waals surface area contributed by atoms with Crippen LogP contribution in [0.2, 0.25) is 10.0 Å². The minimum atomic E-state index is -0.555. The summed E-state index contributed by atoms with van der Waals surface area (Å²) in [6, 6.07) is 13.4. The zero-order chi connectivity index (χ0) is 20.0.